The van der Waals surface area contributed by atoms with Crippen LogP contribution in [0.3, 0.4) is 0 Å². The standard InChI is InChI=1S/C19H22N6O4S2/c1-4-8-25-15(20)14(16(27)24(2)19(25)28)13(26)10-30-18-23-22-17(31-18)21-11-6-5-7-12(9-11)29-3/h5-7,9H,4,8,10,20H2,1-3H3,(H,21,22). The second-order valence-corrected chi connectivity index (χ2v) is 8.70. The van der Waals surface area contributed by atoms with Crippen molar-refractivity contribution < 1.29 is 9.53 Å². The maximum Gasteiger partial charge on any atom is 0.332 e. The fourth-order valence-corrected chi connectivity index (χ4v) is 4.47. The van der Waals surface area contributed by atoms with Crippen LogP contribution in [0.1, 0.15) is 23.7 Å². The van der Waals surface area contributed by atoms with Crippen LogP contribution in [-0.2, 0) is 13.6 Å². The van der Waals surface area contributed by atoms with Crippen LogP contribution < -0.4 is 27.0 Å². The van der Waals surface area contributed by atoms with Gasteiger partial charge in [-0.3, -0.25) is 18.7 Å². The third kappa shape index (κ3) is 4.97. The van der Waals surface area contributed by atoms with Crippen molar-refractivity contribution in [2.75, 3.05) is 23.9 Å². The number of carbonyl (C=O) groups excluding carboxylic acids is 1. The zero-order valence-electron chi connectivity index (χ0n) is 17.2. The average molecular weight is 463 g/mol. The summed E-state index contributed by atoms with van der Waals surface area (Å²) in [6, 6.07) is 7.36. The number of nitrogens with zero attached hydrogens (tertiary/aromatic N) is 4. The minimum absolute atomic E-state index is 0.0580. The fourth-order valence-electron chi connectivity index (χ4n) is 2.83. The molecule has 31 heavy (non-hydrogen) atoms. The van der Waals surface area contributed by atoms with Crippen LogP contribution in [0.15, 0.2) is 38.2 Å². The van der Waals surface area contributed by atoms with Gasteiger partial charge in [-0.1, -0.05) is 36.1 Å². The van der Waals surface area contributed by atoms with Crippen molar-refractivity contribution in [1.29, 1.82) is 0 Å². The van der Waals surface area contributed by atoms with E-state index < -0.39 is 17.0 Å². The third-order valence-electron chi connectivity index (χ3n) is 4.36. The number of methoxy groups -OCH3 is 1. The molecule has 0 fully saturated rings. The van der Waals surface area contributed by atoms with Gasteiger partial charge in [0.1, 0.15) is 17.1 Å². The van der Waals surface area contributed by atoms with E-state index in [1.54, 1.807) is 7.11 Å². The number of ketones is 1. The summed E-state index contributed by atoms with van der Waals surface area (Å²) in [5.41, 5.74) is 5.38. The number of nitrogen functional groups attached to an aromatic ring is 1. The lowest BCUT2D eigenvalue weighted by Gasteiger charge is -2.13. The van der Waals surface area contributed by atoms with Crippen LogP contribution in [0, 0.1) is 0 Å². The molecule has 2 aromatic heterocycles. The van der Waals surface area contributed by atoms with E-state index in [4.69, 9.17) is 10.5 Å². The highest BCUT2D eigenvalue weighted by Gasteiger charge is 2.22. The van der Waals surface area contributed by atoms with Crippen LogP contribution in [0.2, 0.25) is 0 Å². The second kappa shape index (κ2) is 9.79. The SMILES string of the molecule is CCCn1c(N)c(C(=O)CSc2nnc(Nc3cccc(OC)c3)s2)c(=O)n(C)c1=O. The summed E-state index contributed by atoms with van der Waals surface area (Å²) in [6.07, 6.45) is 0.637. The zero-order chi connectivity index (χ0) is 22.5. The molecule has 164 valence electrons. The minimum atomic E-state index is -0.696. The van der Waals surface area contributed by atoms with Crippen LogP contribution in [0.25, 0.3) is 0 Å². The van der Waals surface area contributed by atoms with Gasteiger partial charge in [0.25, 0.3) is 5.56 Å². The Hall–Kier alpha value is -3.12. The summed E-state index contributed by atoms with van der Waals surface area (Å²) in [6.45, 7) is 2.20. The molecular weight excluding hydrogens is 440 g/mol. The molecule has 3 N–H and O–H groups in total. The van der Waals surface area contributed by atoms with Gasteiger partial charge < -0.3 is 15.8 Å². The first kappa shape index (κ1) is 22.6. The Bertz CT molecular complexity index is 1220. The maximum atomic E-state index is 12.7. The molecule has 3 aromatic rings. The van der Waals surface area contributed by atoms with E-state index >= 15 is 0 Å². The van der Waals surface area contributed by atoms with Gasteiger partial charge in [-0.15, -0.1) is 10.2 Å². The van der Waals surface area contributed by atoms with Gasteiger partial charge in [0.15, 0.2) is 10.1 Å². The number of Topliss-reactive ketones (excluding diaryl/α,β-unsaturated/α-hetero) is 1. The first-order valence-electron chi connectivity index (χ1n) is 9.35. The quantitative estimate of drug-likeness (QED) is 0.362. The van der Waals surface area contributed by atoms with Crippen molar-refractivity contribution in [2.24, 2.45) is 7.05 Å². The van der Waals surface area contributed by atoms with Gasteiger partial charge in [0.2, 0.25) is 5.13 Å². The Kier molecular flexibility index (Phi) is 7.13. The highest BCUT2D eigenvalue weighted by Crippen LogP contribution is 2.29. The molecule has 0 amide bonds. The maximum absolute atomic E-state index is 12.7. The first-order chi connectivity index (χ1) is 14.8. The van der Waals surface area contributed by atoms with E-state index in [-0.39, 0.29) is 17.1 Å². The van der Waals surface area contributed by atoms with E-state index in [9.17, 15) is 14.4 Å². The number of nitrogens with two attached hydrogens (primary N) is 1. The molecule has 0 saturated heterocycles. The number of benzene rings is 1. The molecule has 0 aliphatic carbocycles. The molecule has 0 saturated carbocycles. The highest BCUT2D eigenvalue weighted by atomic mass is 32.2. The number of nitrogens with one attached hydrogen (secondary N) is 1. The minimum Gasteiger partial charge on any atom is -0.497 e. The molecular formula is C19H22N6O4S2. The Morgan fingerprint density at radius 3 is 2.81 bits per heavy atom. The molecule has 0 radical (unpaired) electrons. The summed E-state index contributed by atoms with van der Waals surface area (Å²) in [5.74, 6) is 0.0827. The summed E-state index contributed by atoms with van der Waals surface area (Å²) in [7, 11) is 2.92. The van der Waals surface area contributed by atoms with E-state index in [2.05, 4.69) is 15.5 Å². The Morgan fingerprint density at radius 2 is 2.10 bits per heavy atom. The molecule has 2 heterocycles. The molecule has 0 spiro atoms. The Balaban J connectivity index is 1.73. The molecule has 0 unspecified atom stereocenters. The molecule has 0 bridgehead atoms. The van der Waals surface area contributed by atoms with Gasteiger partial charge >= 0.3 is 5.69 Å². The number of ether oxygens (including phenoxy) is 1. The first-order valence-corrected chi connectivity index (χ1v) is 11.2. The van der Waals surface area contributed by atoms with Crippen molar-refractivity contribution >= 4 is 45.5 Å². The van der Waals surface area contributed by atoms with E-state index in [1.165, 1.54) is 23.0 Å². The van der Waals surface area contributed by atoms with E-state index in [0.29, 0.717) is 28.2 Å². The fraction of sp³-hybridized carbons (Fsp3) is 0.316. The van der Waals surface area contributed by atoms with Crippen molar-refractivity contribution in [2.45, 2.75) is 24.2 Å². The van der Waals surface area contributed by atoms with Crippen molar-refractivity contribution in [3.8, 4) is 5.75 Å². The number of carbonyl (C=O) groups is 1. The van der Waals surface area contributed by atoms with Crippen LogP contribution in [-0.4, -0.2) is 38.0 Å². The Labute approximate surface area is 186 Å². The van der Waals surface area contributed by atoms with Gasteiger partial charge in [0, 0.05) is 25.3 Å². The van der Waals surface area contributed by atoms with Gasteiger partial charge in [-0.25, -0.2) is 4.79 Å². The van der Waals surface area contributed by atoms with Crippen molar-refractivity contribution in [3.63, 3.8) is 0 Å². The van der Waals surface area contributed by atoms with Gasteiger partial charge in [-0.05, 0) is 18.6 Å². The molecule has 0 atom stereocenters. The Morgan fingerprint density at radius 1 is 1.32 bits per heavy atom. The molecule has 12 heteroatoms. The van der Waals surface area contributed by atoms with E-state index in [1.807, 2.05) is 31.2 Å². The van der Waals surface area contributed by atoms with Crippen LogP contribution in [0.4, 0.5) is 16.6 Å². The predicted molar refractivity (Wildman–Crippen MR) is 122 cm³/mol. The monoisotopic (exact) mass is 462 g/mol. The number of hydrogen-bond donors (Lipinski definition) is 2. The number of rotatable bonds is 9. The summed E-state index contributed by atoms with van der Waals surface area (Å²) < 4.78 is 7.90. The number of anilines is 3. The third-order valence-corrected chi connectivity index (χ3v) is 6.34. The van der Waals surface area contributed by atoms with Crippen molar-refractivity contribution in [1.82, 2.24) is 19.3 Å². The molecule has 0 aliphatic rings. The molecule has 0 aliphatic heterocycles. The number of aromatic nitrogens is 4. The summed E-state index contributed by atoms with van der Waals surface area (Å²) in [4.78, 5) is 37.5. The smallest absolute Gasteiger partial charge is 0.332 e. The summed E-state index contributed by atoms with van der Waals surface area (Å²) >= 11 is 2.42. The number of hydrogen-bond acceptors (Lipinski definition) is 10. The average Bonchev–Trinajstić information content (AvgIpc) is 3.21. The lowest BCUT2D eigenvalue weighted by Crippen LogP contribution is -2.42. The highest BCUT2D eigenvalue weighted by molar-refractivity contribution is 8.01. The summed E-state index contributed by atoms with van der Waals surface area (Å²) in [5, 5.41) is 11.8. The normalized spacial score (nSPS) is 10.8. The molecule has 10 nitrogen and oxygen atoms in total. The van der Waals surface area contributed by atoms with Crippen LogP contribution in [0.5, 0.6) is 5.75 Å². The van der Waals surface area contributed by atoms with Gasteiger partial charge in [0.05, 0.1) is 12.9 Å². The molecule has 1 aromatic carbocycles. The lowest BCUT2D eigenvalue weighted by atomic mass is 10.2. The predicted octanol–water partition coefficient (Wildman–Crippen LogP) is 2.12. The van der Waals surface area contributed by atoms with Crippen molar-refractivity contribution in [3.05, 3.63) is 50.7 Å². The zero-order valence-corrected chi connectivity index (χ0v) is 18.9. The lowest BCUT2D eigenvalue weighted by molar-refractivity contribution is 0.102. The molecule has 3 rings (SSSR count). The van der Waals surface area contributed by atoms with Gasteiger partial charge in [-0.2, -0.15) is 0 Å². The van der Waals surface area contributed by atoms with E-state index in [0.717, 1.165) is 22.0 Å². The topological polar surface area (TPSA) is 134 Å². The second-order valence-electron chi connectivity index (χ2n) is 6.50. The largest absolute Gasteiger partial charge is 0.497 e. The number of thioether (sulfide) groups is 1. The van der Waals surface area contributed by atoms with Crippen LogP contribution >= 0.6 is 23.1 Å².